The molecule has 0 unspecified atom stereocenters. The number of nitrogens with zero attached hydrogens (tertiary/aromatic N) is 4. The molecule has 0 atom stereocenters. The normalized spacial score (nSPS) is 10.9. The molecule has 2 aromatic heterocycles. The van der Waals surface area contributed by atoms with Crippen LogP contribution in [0.4, 0.5) is 5.82 Å². The van der Waals surface area contributed by atoms with E-state index in [0.717, 1.165) is 23.8 Å². The Kier molecular flexibility index (Phi) is 4.19. The molecule has 0 aliphatic heterocycles. The number of nitrogens with one attached hydrogen (secondary N) is 1. The van der Waals surface area contributed by atoms with Crippen LogP contribution in [0.1, 0.15) is 17.2 Å². The Hall–Kier alpha value is -1.57. The van der Waals surface area contributed by atoms with E-state index < -0.39 is 0 Å². The highest BCUT2D eigenvalue weighted by molar-refractivity contribution is 7.07. The van der Waals surface area contributed by atoms with Crippen LogP contribution in [0.25, 0.3) is 0 Å². The summed E-state index contributed by atoms with van der Waals surface area (Å²) < 4.78 is 0. The summed E-state index contributed by atoms with van der Waals surface area (Å²) in [5.41, 5.74) is 6.34. The maximum Gasteiger partial charge on any atom is 0.145 e. The lowest BCUT2D eigenvalue weighted by Gasteiger charge is -2.14. The monoisotopic (exact) mass is 264 g/mol. The van der Waals surface area contributed by atoms with Gasteiger partial charge in [-0.1, -0.05) is 0 Å². The van der Waals surface area contributed by atoms with Gasteiger partial charge in [0.15, 0.2) is 0 Å². The fourth-order valence-electron chi connectivity index (χ4n) is 1.66. The van der Waals surface area contributed by atoms with Crippen LogP contribution in [0.2, 0.25) is 0 Å². The number of aryl methyl sites for hydroxylation is 1. The Morgan fingerprint density at radius 3 is 2.89 bits per heavy atom. The second kappa shape index (κ2) is 5.85. The zero-order valence-corrected chi connectivity index (χ0v) is 11.2. The first-order valence-electron chi connectivity index (χ1n) is 5.54. The summed E-state index contributed by atoms with van der Waals surface area (Å²) in [7, 11) is 2.01. The zero-order valence-electron chi connectivity index (χ0n) is 10.4. The molecule has 0 bridgehead atoms. The topological polar surface area (TPSA) is 80.0 Å². The van der Waals surface area contributed by atoms with E-state index in [0.29, 0.717) is 12.4 Å². The second-order valence-corrected chi connectivity index (χ2v) is 4.83. The molecular formula is C11H16N6S. The summed E-state index contributed by atoms with van der Waals surface area (Å²) in [6.45, 7) is 3.37. The van der Waals surface area contributed by atoms with Crippen LogP contribution in [0.15, 0.2) is 17.0 Å². The van der Waals surface area contributed by atoms with E-state index in [9.17, 15) is 0 Å². The Bertz CT molecular complexity index is 498. The van der Waals surface area contributed by atoms with Crippen molar-refractivity contribution in [3.05, 3.63) is 34.2 Å². The second-order valence-electron chi connectivity index (χ2n) is 4.11. The third-order valence-electron chi connectivity index (χ3n) is 2.38. The SMILES string of the molecule is Cc1cc(NN)nc(CN(C)Cc2cscn2)n1. The summed E-state index contributed by atoms with van der Waals surface area (Å²) in [6, 6.07) is 1.81. The highest BCUT2D eigenvalue weighted by Gasteiger charge is 2.07. The van der Waals surface area contributed by atoms with Crippen molar-refractivity contribution in [3.63, 3.8) is 0 Å². The highest BCUT2D eigenvalue weighted by Crippen LogP contribution is 2.09. The van der Waals surface area contributed by atoms with Crippen LogP contribution in [0, 0.1) is 6.92 Å². The van der Waals surface area contributed by atoms with Crippen molar-refractivity contribution >= 4 is 17.2 Å². The number of hydrazine groups is 1. The number of hydrogen-bond acceptors (Lipinski definition) is 7. The van der Waals surface area contributed by atoms with E-state index in [2.05, 4.69) is 25.3 Å². The van der Waals surface area contributed by atoms with E-state index in [1.807, 2.05) is 30.9 Å². The molecule has 0 aliphatic carbocycles. The number of nitrogens with two attached hydrogens (primary N) is 1. The van der Waals surface area contributed by atoms with E-state index in [1.165, 1.54) is 0 Å². The van der Waals surface area contributed by atoms with Crippen molar-refractivity contribution in [1.29, 1.82) is 0 Å². The first kappa shape index (κ1) is 12.9. The first-order valence-corrected chi connectivity index (χ1v) is 6.48. The van der Waals surface area contributed by atoms with Crippen LogP contribution in [-0.4, -0.2) is 26.9 Å². The maximum atomic E-state index is 5.37. The molecule has 2 heterocycles. The Morgan fingerprint density at radius 1 is 1.39 bits per heavy atom. The third-order valence-corrected chi connectivity index (χ3v) is 3.01. The summed E-state index contributed by atoms with van der Waals surface area (Å²) in [5.74, 6) is 6.75. The molecule has 0 saturated carbocycles. The van der Waals surface area contributed by atoms with Crippen molar-refractivity contribution < 1.29 is 0 Å². The van der Waals surface area contributed by atoms with Crippen LogP contribution in [0.5, 0.6) is 0 Å². The quantitative estimate of drug-likeness (QED) is 0.623. The van der Waals surface area contributed by atoms with E-state index >= 15 is 0 Å². The van der Waals surface area contributed by atoms with Crippen molar-refractivity contribution in [2.75, 3.05) is 12.5 Å². The van der Waals surface area contributed by atoms with Crippen LogP contribution >= 0.6 is 11.3 Å². The number of nitrogen functional groups attached to an aromatic ring is 1. The Balaban J connectivity index is 2.02. The van der Waals surface area contributed by atoms with E-state index in [4.69, 9.17) is 5.84 Å². The lowest BCUT2D eigenvalue weighted by Crippen LogP contribution is -2.20. The Morgan fingerprint density at radius 2 is 2.22 bits per heavy atom. The van der Waals surface area contributed by atoms with Gasteiger partial charge in [0, 0.05) is 23.7 Å². The average molecular weight is 264 g/mol. The molecule has 2 aromatic rings. The number of rotatable bonds is 5. The molecule has 0 aliphatic rings. The summed E-state index contributed by atoms with van der Waals surface area (Å²) in [6.07, 6.45) is 0. The van der Waals surface area contributed by atoms with Gasteiger partial charge in [-0.15, -0.1) is 11.3 Å². The van der Waals surface area contributed by atoms with Crippen LogP contribution in [-0.2, 0) is 13.1 Å². The number of aromatic nitrogens is 3. The summed E-state index contributed by atoms with van der Waals surface area (Å²) >= 11 is 1.60. The summed E-state index contributed by atoms with van der Waals surface area (Å²) in [4.78, 5) is 15.1. The van der Waals surface area contributed by atoms with Gasteiger partial charge in [-0.25, -0.2) is 20.8 Å². The number of thiazole rings is 1. The predicted molar refractivity (Wildman–Crippen MR) is 71.9 cm³/mol. The molecule has 96 valence electrons. The van der Waals surface area contributed by atoms with Crippen LogP contribution in [0.3, 0.4) is 0 Å². The molecule has 0 spiro atoms. The minimum atomic E-state index is 0.638. The van der Waals surface area contributed by atoms with Gasteiger partial charge < -0.3 is 5.43 Å². The number of anilines is 1. The average Bonchev–Trinajstić information content (AvgIpc) is 2.80. The Labute approximate surface area is 110 Å². The predicted octanol–water partition coefficient (Wildman–Crippen LogP) is 1.16. The standard InChI is InChI=1S/C11H16N6S/c1-8-3-10(16-12)15-11(14-8)5-17(2)4-9-6-18-7-13-9/h3,6-7H,4-5,12H2,1-2H3,(H,14,15,16). The third kappa shape index (κ3) is 3.46. The maximum absolute atomic E-state index is 5.37. The molecule has 2 rings (SSSR count). The lowest BCUT2D eigenvalue weighted by atomic mass is 10.4. The van der Waals surface area contributed by atoms with Gasteiger partial charge in [0.05, 0.1) is 17.7 Å². The molecule has 0 saturated heterocycles. The molecule has 0 fully saturated rings. The van der Waals surface area contributed by atoms with E-state index in [-0.39, 0.29) is 0 Å². The van der Waals surface area contributed by atoms with Crippen molar-refractivity contribution in [3.8, 4) is 0 Å². The molecule has 7 heteroatoms. The fraction of sp³-hybridized carbons (Fsp3) is 0.364. The van der Waals surface area contributed by atoms with Gasteiger partial charge in [0.1, 0.15) is 11.6 Å². The van der Waals surface area contributed by atoms with Gasteiger partial charge in [0.2, 0.25) is 0 Å². The number of hydrogen-bond donors (Lipinski definition) is 2. The first-order chi connectivity index (χ1) is 8.67. The smallest absolute Gasteiger partial charge is 0.145 e. The minimum absolute atomic E-state index is 0.638. The minimum Gasteiger partial charge on any atom is -0.308 e. The van der Waals surface area contributed by atoms with Crippen LogP contribution < -0.4 is 11.3 Å². The summed E-state index contributed by atoms with van der Waals surface area (Å²) in [5, 5.41) is 2.04. The molecule has 0 radical (unpaired) electrons. The van der Waals surface area contributed by atoms with Gasteiger partial charge in [-0.3, -0.25) is 4.90 Å². The van der Waals surface area contributed by atoms with Gasteiger partial charge in [-0.05, 0) is 14.0 Å². The van der Waals surface area contributed by atoms with Gasteiger partial charge >= 0.3 is 0 Å². The highest BCUT2D eigenvalue weighted by atomic mass is 32.1. The van der Waals surface area contributed by atoms with E-state index in [1.54, 1.807) is 11.3 Å². The molecule has 0 amide bonds. The van der Waals surface area contributed by atoms with Gasteiger partial charge in [0.25, 0.3) is 0 Å². The van der Waals surface area contributed by atoms with Crippen molar-refractivity contribution in [2.45, 2.75) is 20.0 Å². The molecule has 18 heavy (non-hydrogen) atoms. The molecular weight excluding hydrogens is 248 g/mol. The molecule has 0 aromatic carbocycles. The molecule has 6 nitrogen and oxygen atoms in total. The van der Waals surface area contributed by atoms with Crippen molar-refractivity contribution in [1.82, 2.24) is 19.9 Å². The van der Waals surface area contributed by atoms with Crippen molar-refractivity contribution in [2.24, 2.45) is 5.84 Å². The lowest BCUT2D eigenvalue weighted by molar-refractivity contribution is 0.307. The fourth-order valence-corrected chi connectivity index (χ4v) is 2.21. The molecule has 3 N–H and O–H groups in total. The van der Waals surface area contributed by atoms with Gasteiger partial charge in [-0.2, -0.15) is 0 Å². The largest absolute Gasteiger partial charge is 0.308 e. The zero-order chi connectivity index (χ0) is 13.0.